The summed E-state index contributed by atoms with van der Waals surface area (Å²) in [5.74, 6) is 0. The number of H-pyrrole nitrogens is 1. The van der Waals surface area contributed by atoms with E-state index >= 15 is 0 Å². The molecule has 6 heteroatoms. The predicted octanol–water partition coefficient (Wildman–Crippen LogP) is 1.48. The van der Waals surface area contributed by atoms with Crippen LogP contribution < -0.4 is 5.56 Å². The molecule has 0 spiro atoms. The van der Waals surface area contributed by atoms with Gasteiger partial charge in [0.15, 0.2) is 0 Å². The highest BCUT2D eigenvalue weighted by molar-refractivity contribution is 5.45. The summed E-state index contributed by atoms with van der Waals surface area (Å²) in [6.07, 6.45) is 6.83. The van der Waals surface area contributed by atoms with Crippen molar-refractivity contribution in [1.29, 1.82) is 0 Å². The number of azide groups is 1. The average molecular weight is 191 g/mol. The Kier molecular flexibility index (Phi) is 3.97. The maximum Gasteiger partial charge on any atom is 0.257 e. The van der Waals surface area contributed by atoms with Crippen molar-refractivity contribution in [1.82, 2.24) is 9.97 Å². The van der Waals surface area contributed by atoms with E-state index in [-0.39, 0.29) is 5.56 Å². The van der Waals surface area contributed by atoms with Crippen molar-refractivity contribution in [3.63, 3.8) is 0 Å². The molecule has 1 aromatic rings. The third-order valence-electron chi connectivity index (χ3n) is 1.50. The second kappa shape index (κ2) is 5.55. The third-order valence-corrected chi connectivity index (χ3v) is 1.50. The lowest BCUT2D eigenvalue weighted by Gasteiger charge is -1.89. The summed E-state index contributed by atoms with van der Waals surface area (Å²) in [4.78, 5) is 19.9. The summed E-state index contributed by atoms with van der Waals surface area (Å²) in [7, 11) is 0. The fourth-order valence-electron chi connectivity index (χ4n) is 0.861. The Morgan fingerprint density at radius 2 is 2.57 bits per heavy atom. The number of nitrogens with one attached hydrogen (secondary N) is 1. The van der Waals surface area contributed by atoms with Crippen LogP contribution in [0.5, 0.6) is 0 Å². The number of aromatic amines is 1. The van der Waals surface area contributed by atoms with Gasteiger partial charge in [0.2, 0.25) is 0 Å². The summed E-state index contributed by atoms with van der Waals surface area (Å²) < 4.78 is 0. The fraction of sp³-hybridized carbons (Fsp3) is 0.250. The van der Waals surface area contributed by atoms with Crippen molar-refractivity contribution in [2.75, 3.05) is 6.54 Å². The minimum Gasteiger partial charge on any atom is -0.313 e. The Morgan fingerprint density at radius 1 is 1.71 bits per heavy atom. The molecule has 1 N–H and O–H groups in total. The van der Waals surface area contributed by atoms with Gasteiger partial charge < -0.3 is 4.98 Å². The Bertz CT molecular complexity index is 416. The molecule has 14 heavy (non-hydrogen) atoms. The van der Waals surface area contributed by atoms with Crippen LogP contribution in [0.4, 0.5) is 0 Å². The van der Waals surface area contributed by atoms with Crippen molar-refractivity contribution >= 4 is 6.08 Å². The highest BCUT2D eigenvalue weighted by Crippen LogP contribution is 1.93. The zero-order chi connectivity index (χ0) is 10.2. The van der Waals surface area contributed by atoms with Gasteiger partial charge in [0.25, 0.3) is 5.56 Å². The first kappa shape index (κ1) is 10.0. The summed E-state index contributed by atoms with van der Waals surface area (Å²) in [6, 6.07) is 0. The van der Waals surface area contributed by atoms with E-state index in [1.807, 2.05) is 0 Å². The average Bonchev–Trinajstić information content (AvgIpc) is 2.20. The van der Waals surface area contributed by atoms with Crippen LogP contribution in [-0.2, 0) is 0 Å². The monoisotopic (exact) mass is 191 g/mol. The predicted molar refractivity (Wildman–Crippen MR) is 52.5 cm³/mol. The van der Waals surface area contributed by atoms with Crippen LogP contribution in [-0.4, -0.2) is 16.5 Å². The molecule has 0 unspecified atom stereocenters. The van der Waals surface area contributed by atoms with Crippen molar-refractivity contribution in [3.8, 4) is 0 Å². The second-order valence-corrected chi connectivity index (χ2v) is 2.48. The SMILES string of the molecule is [N-]=[N+]=NCCC=Cc1cnc[nH]c1=O. The molecule has 6 nitrogen and oxygen atoms in total. The van der Waals surface area contributed by atoms with Gasteiger partial charge in [0, 0.05) is 17.7 Å². The minimum absolute atomic E-state index is 0.181. The van der Waals surface area contributed by atoms with Gasteiger partial charge in [-0.2, -0.15) is 0 Å². The highest BCUT2D eigenvalue weighted by atomic mass is 16.1. The third kappa shape index (κ3) is 3.12. The number of aromatic nitrogens is 2. The quantitative estimate of drug-likeness (QED) is 0.337. The summed E-state index contributed by atoms with van der Waals surface area (Å²) in [6.45, 7) is 0.394. The van der Waals surface area contributed by atoms with Crippen LogP contribution in [0.3, 0.4) is 0 Å². The molecule has 1 aromatic heterocycles. The van der Waals surface area contributed by atoms with Gasteiger partial charge >= 0.3 is 0 Å². The summed E-state index contributed by atoms with van der Waals surface area (Å²) >= 11 is 0. The van der Waals surface area contributed by atoms with E-state index in [4.69, 9.17) is 5.53 Å². The first-order chi connectivity index (χ1) is 6.84. The molecule has 0 atom stereocenters. The molecule has 1 heterocycles. The molecule has 72 valence electrons. The maximum absolute atomic E-state index is 11.1. The zero-order valence-corrected chi connectivity index (χ0v) is 7.42. The van der Waals surface area contributed by atoms with Crippen LogP contribution in [0, 0.1) is 0 Å². The first-order valence-corrected chi connectivity index (χ1v) is 4.04. The van der Waals surface area contributed by atoms with E-state index in [9.17, 15) is 4.79 Å². The number of rotatable bonds is 4. The van der Waals surface area contributed by atoms with Crippen LogP contribution in [0.15, 0.2) is 28.5 Å². The molecule has 0 bridgehead atoms. The van der Waals surface area contributed by atoms with Gasteiger partial charge in [-0.3, -0.25) is 4.79 Å². The van der Waals surface area contributed by atoms with Gasteiger partial charge in [-0.05, 0) is 12.0 Å². The largest absolute Gasteiger partial charge is 0.313 e. The molecule has 0 fully saturated rings. The lowest BCUT2D eigenvalue weighted by molar-refractivity contribution is 0.995. The van der Waals surface area contributed by atoms with E-state index in [1.165, 1.54) is 12.5 Å². The topological polar surface area (TPSA) is 94.5 Å². The molecule has 0 saturated carbocycles. The van der Waals surface area contributed by atoms with Gasteiger partial charge in [0.05, 0.1) is 11.9 Å². The molecule has 0 aliphatic rings. The zero-order valence-electron chi connectivity index (χ0n) is 7.42. The van der Waals surface area contributed by atoms with Crippen molar-refractivity contribution < 1.29 is 0 Å². The van der Waals surface area contributed by atoms with Crippen LogP contribution >= 0.6 is 0 Å². The lowest BCUT2D eigenvalue weighted by atomic mass is 10.3. The van der Waals surface area contributed by atoms with Crippen LogP contribution in [0.25, 0.3) is 16.5 Å². The van der Waals surface area contributed by atoms with Crippen molar-refractivity contribution in [2.24, 2.45) is 5.11 Å². The molecule has 0 saturated heterocycles. The highest BCUT2D eigenvalue weighted by Gasteiger charge is 1.91. The molecule has 0 amide bonds. The second-order valence-electron chi connectivity index (χ2n) is 2.48. The molecular formula is C8H9N5O. The summed E-state index contributed by atoms with van der Waals surface area (Å²) in [5, 5.41) is 3.35. The Morgan fingerprint density at radius 3 is 3.29 bits per heavy atom. The van der Waals surface area contributed by atoms with Crippen LogP contribution in [0.2, 0.25) is 0 Å². The van der Waals surface area contributed by atoms with E-state index in [1.54, 1.807) is 12.2 Å². The van der Waals surface area contributed by atoms with Crippen LogP contribution in [0.1, 0.15) is 12.0 Å². The fourth-order valence-corrected chi connectivity index (χ4v) is 0.861. The standard InChI is InChI=1S/C8H9N5O/c9-13-12-4-2-1-3-7-5-10-6-11-8(7)14/h1,3,5-6H,2,4H2,(H,10,11,14). The Labute approximate surface area is 79.9 Å². The van der Waals surface area contributed by atoms with E-state index in [0.717, 1.165) is 0 Å². The molecule has 0 aliphatic carbocycles. The van der Waals surface area contributed by atoms with E-state index in [2.05, 4.69) is 20.0 Å². The molecule has 0 radical (unpaired) electrons. The molecular weight excluding hydrogens is 182 g/mol. The molecule has 0 aromatic carbocycles. The van der Waals surface area contributed by atoms with Gasteiger partial charge in [-0.1, -0.05) is 17.3 Å². The lowest BCUT2D eigenvalue weighted by Crippen LogP contribution is -2.08. The van der Waals surface area contributed by atoms with E-state index < -0.39 is 0 Å². The van der Waals surface area contributed by atoms with Crippen molar-refractivity contribution in [3.05, 3.63) is 45.0 Å². The maximum atomic E-state index is 11.1. The van der Waals surface area contributed by atoms with Gasteiger partial charge in [0.1, 0.15) is 0 Å². The number of nitrogens with zero attached hydrogens (tertiary/aromatic N) is 4. The Balaban J connectivity index is 2.56. The van der Waals surface area contributed by atoms with E-state index in [0.29, 0.717) is 18.5 Å². The Hall–Kier alpha value is -2.07. The normalized spacial score (nSPS) is 10.0. The van der Waals surface area contributed by atoms with Crippen molar-refractivity contribution in [2.45, 2.75) is 6.42 Å². The molecule has 1 rings (SSSR count). The number of hydrogen-bond donors (Lipinski definition) is 1. The minimum atomic E-state index is -0.181. The smallest absolute Gasteiger partial charge is 0.257 e. The molecule has 0 aliphatic heterocycles. The van der Waals surface area contributed by atoms with Gasteiger partial charge in [-0.15, -0.1) is 0 Å². The first-order valence-electron chi connectivity index (χ1n) is 4.04. The summed E-state index contributed by atoms with van der Waals surface area (Å²) in [5.41, 5.74) is 8.31. The van der Waals surface area contributed by atoms with Gasteiger partial charge in [-0.25, -0.2) is 4.98 Å². The number of hydrogen-bond acceptors (Lipinski definition) is 3.